The molecule has 0 heterocycles. The quantitative estimate of drug-likeness (QED) is 0.0932. The van der Waals surface area contributed by atoms with E-state index in [1.54, 1.807) is 59.7 Å². The Kier molecular flexibility index (Phi) is 13.2. The normalized spacial score (nSPS) is 12.6. The maximum atomic E-state index is 14.0. The lowest BCUT2D eigenvalue weighted by molar-refractivity contribution is -0.155. The maximum Gasteiger partial charge on any atom is 0.407 e. The van der Waals surface area contributed by atoms with Crippen molar-refractivity contribution in [1.29, 1.82) is 0 Å². The first-order chi connectivity index (χ1) is 21.4. The largest absolute Gasteiger partial charge is 0.481 e. The van der Waals surface area contributed by atoms with Crippen molar-refractivity contribution >= 4 is 47.1 Å². The number of carboxylic acid groups (broad SMARTS) is 1. The van der Waals surface area contributed by atoms with Gasteiger partial charge in [0.25, 0.3) is 0 Å². The number of esters is 1. The van der Waals surface area contributed by atoms with Crippen molar-refractivity contribution in [3.63, 3.8) is 0 Å². The fourth-order valence-corrected chi connectivity index (χ4v) is 4.01. The number of hydrogen-bond acceptors (Lipinski definition) is 9. The van der Waals surface area contributed by atoms with Crippen LogP contribution in [0.4, 0.5) is 21.0 Å². The number of carbonyl (C=O) groups excluding carboxylic acids is 5. The Morgan fingerprint density at radius 3 is 2.04 bits per heavy atom. The molecule has 0 radical (unpaired) electrons. The Balaban J connectivity index is 2.29. The van der Waals surface area contributed by atoms with Crippen molar-refractivity contribution in [3.05, 3.63) is 60.2 Å². The topological polar surface area (TPSA) is 206 Å². The number of Topliss-reactive ketones (excluding diaryl/α,β-unsaturated/α-hetero) is 1. The fraction of sp³-hybridized carbons (Fsp3) is 0.438. The number of para-hydroxylation sites is 1. The highest BCUT2D eigenvalue weighted by molar-refractivity contribution is 6.19. The van der Waals surface area contributed by atoms with E-state index in [1.807, 2.05) is 0 Å². The third kappa shape index (κ3) is 12.6. The standard InChI is InChI=1S/C32H43N5O9/c1-31(2,3)45-28(42)25(37(22-14-8-7-9-15-22)27(41)23(33)19-24(38)39)26(40)20-12-10-13-21(18-20)36-29(43)34-16-11-17-35-30(44)46-32(4,5)6/h7-10,12-15,18,23,25H,11,16-17,19,33H2,1-6H3,(H,35,44)(H,38,39)(H2,34,36,43)/t23-,25-/m0/s1. The molecule has 14 heteroatoms. The van der Waals surface area contributed by atoms with Crippen LogP contribution >= 0.6 is 0 Å². The maximum absolute atomic E-state index is 14.0. The number of carboxylic acids is 1. The smallest absolute Gasteiger partial charge is 0.407 e. The second-order valence-corrected chi connectivity index (χ2v) is 12.3. The third-order valence-electron chi connectivity index (χ3n) is 5.83. The molecule has 0 aliphatic heterocycles. The van der Waals surface area contributed by atoms with Gasteiger partial charge in [0.1, 0.15) is 11.2 Å². The summed E-state index contributed by atoms with van der Waals surface area (Å²) in [6, 6.07) is 9.43. The Hall–Kier alpha value is -4.98. The SMILES string of the molecule is CC(C)(C)OC(=O)NCCCNC(=O)Nc1cccc(C(=O)[C@@H](C(=O)OC(C)(C)C)N(C(=O)[C@@H](N)CC(=O)O)c2ccccc2)c1. The number of alkyl carbamates (subject to hydrolysis) is 1. The van der Waals surface area contributed by atoms with Gasteiger partial charge in [-0.05, 0) is 72.2 Å². The van der Waals surface area contributed by atoms with Crippen LogP contribution in [0.2, 0.25) is 0 Å². The number of urea groups is 1. The monoisotopic (exact) mass is 641 g/mol. The van der Waals surface area contributed by atoms with Gasteiger partial charge in [-0.1, -0.05) is 30.3 Å². The van der Waals surface area contributed by atoms with Gasteiger partial charge in [0.15, 0.2) is 11.8 Å². The van der Waals surface area contributed by atoms with Crippen LogP contribution in [0.3, 0.4) is 0 Å². The van der Waals surface area contributed by atoms with Crippen LogP contribution < -0.4 is 26.6 Å². The molecule has 6 N–H and O–H groups in total. The van der Waals surface area contributed by atoms with Gasteiger partial charge in [-0.3, -0.25) is 19.3 Å². The average Bonchev–Trinajstić information content (AvgIpc) is 2.93. The molecule has 2 atom stereocenters. The van der Waals surface area contributed by atoms with Crippen LogP contribution in [0, 0.1) is 0 Å². The molecule has 4 amide bonds. The molecular weight excluding hydrogens is 598 g/mol. The molecule has 0 bridgehead atoms. The highest BCUT2D eigenvalue weighted by Crippen LogP contribution is 2.25. The van der Waals surface area contributed by atoms with E-state index in [-0.39, 0.29) is 30.0 Å². The van der Waals surface area contributed by atoms with Crippen molar-refractivity contribution in [2.75, 3.05) is 23.3 Å². The molecule has 0 saturated carbocycles. The molecule has 46 heavy (non-hydrogen) atoms. The summed E-state index contributed by atoms with van der Waals surface area (Å²) < 4.78 is 10.7. The summed E-state index contributed by atoms with van der Waals surface area (Å²) in [5, 5.41) is 17.1. The Bertz CT molecular complexity index is 1400. The predicted molar refractivity (Wildman–Crippen MR) is 170 cm³/mol. The van der Waals surface area contributed by atoms with Gasteiger partial charge >= 0.3 is 24.1 Å². The van der Waals surface area contributed by atoms with Crippen molar-refractivity contribution in [1.82, 2.24) is 10.6 Å². The molecule has 0 spiro atoms. The van der Waals surface area contributed by atoms with E-state index in [1.165, 1.54) is 36.4 Å². The zero-order chi connectivity index (χ0) is 34.7. The molecule has 2 rings (SSSR count). The third-order valence-corrected chi connectivity index (χ3v) is 5.83. The van der Waals surface area contributed by atoms with E-state index < -0.39 is 65.5 Å². The van der Waals surface area contributed by atoms with Crippen molar-refractivity contribution in [3.8, 4) is 0 Å². The van der Waals surface area contributed by atoms with E-state index in [2.05, 4.69) is 16.0 Å². The van der Waals surface area contributed by atoms with Crippen LogP contribution in [0.5, 0.6) is 0 Å². The van der Waals surface area contributed by atoms with E-state index >= 15 is 0 Å². The molecule has 0 saturated heterocycles. The number of anilines is 2. The molecule has 0 aromatic heterocycles. The van der Waals surface area contributed by atoms with E-state index in [0.717, 1.165) is 4.90 Å². The first-order valence-electron chi connectivity index (χ1n) is 14.6. The summed E-state index contributed by atoms with van der Waals surface area (Å²) >= 11 is 0. The van der Waals surface area contributed by atoms with Crippen molar-refractivity contribution < 1.29 is 43.3 Å². The summed E-state index contributed by atoms with van der Waals surface area (Å²) in [6.07, 6.45) is -0.904. The second-order valence-electron chi connectivity index (χ2n) is 12.3. The van der Waals surface area contributed by atoms with Gasteiger partial charge < -0.3 is 36.3 Å². The number of ether oxygens (including phenoxy) is 2. The fourth-order valence-electron chi connectivity index (χ4n) is 4.01. The van der Waals surface area contributed by atoms with Gasteiger partial charge in [0.05, 0.1) is 12.5 Å². The number of aliphatic carboxylic acids is 1. The summed E-state index contributed by atoms with van der Waals surface area (Å²) in [4.78, 5) is 77.6. The number of benzene rings is 2. The molecular formula is C32H43N5O9. The molecule has 0 aliphatic rings. The first kappa shape index (κ1) is 37.2. The van der Waals surface area contributed by atoms with Crippen LogP contribution in [0.25, 0.3) is 0 Å². The van der Waals surface area contributed by atoms with E-state index in [4.69, 9.17) is 15.2 Å². The Labute approximate surface area is 268 Å². The lowest BCUT2D eigenvalue weighted by atomic mass is 9.99. The van der Waals surface area contributed by atoms with Gasteiger partial charge in [-0.2, -0.15) is 0 Å². The molecule has 0 fully saturated rings. The minimum absolute atomic E-state index is 0.0456. The van der Waals surface area contributed by atoms with Gasteiger partial charge in [-0.15, -0.1) is 0 Å². The second kappa shape index (κ2) is 16.4. The minimum Gasteiger partial charge on any atom is -0.481 e. The van der Waals surface area contributed by atoms with Crippen molar-refractivity contribution in [2.24, 2.45) is 5.73 Å². The number of ketones is 1. The lowest BCUT2D eigenvalue weighted by Crippen LogP contribution is -2.56. The summed E-state index contributed by atoms with van der Waals surface area (Å²) in [7, 11) is 0. The molecule has 250 valence electrons. The van der Waals surface area contributed by atoms with E-state index in [9.17, 15) is 33.9 Å². The number of amides is 4. The molecule has 0 unspecified atom stereocenters. The number of rotatable bonds is 13. The molecule has 0 aliphatic carbocycles. The average molecular weight is 642 g/mol. The van der Waals surface area contributed by atoms with Crippen LogP contribution in [0.1, 0.15) is 64.7 Å². The van der Waals surface area contributed by atoms with Gasteiger partial charge in [-0.25, -0.2) is 14.4 Å². The summed E-state index contributed by atoms with van der Waals surface area (Å²) in [5.74, 6) is -4.24. The molecule has 2 aromatic rings. The van der Waals surface area contributed by atoms with Crippen LogP contribution in [-0.4, -0.2) is 77.2 Å². The number of nitrogens with two attached hydrogens (primary N) is 1. The van der Waals surface area contributed by atoms with Gasteiger partial charge in [0, 0.05) is 30.0 Å². The number of hydrogen-bond donors (Lipinski definition) is 5. The number of nitrogens with zero attached hydrogens (tertiary/aromatic N) is 1. The Morgan fingerprint density at radius 1 is 0.848 bits per heavy atom. The van der Waals surface area contributed by atoms with Crippen LogP contribution in [-0.2, 0) is 23.9 Å². The van der Waals surface area contributed by atoms with Gasteiger partial charge in [0.2, 0.25) is 5.91 Å². The highest BCUT2D eigenvalue weighted by atomic mass is 16.6. The van der Waals surface area contributed by atoms with Crippen LogP contribution in [0.15, 0.2) is 54.6 Å². The zero-order valence-corrected chi connectivity index (χ0v) is 26.9. The Morgan fingerprint density at radius 2 is 1.46 bits per heavy atom. The van der Waals surface area contributed by atoms with E-state index in [0.29, 0.717) is 6.42 Å². The predicted octanol–water partition coefficient (Wildman–Crippen LogP) is 3.45. The molecule has 2 aromatic carbocycles. The minimum atomic E-state index is -1.88. The summed E-state index contributed by atoms with van der Waals surface area (Å²) in [5.41, 5.74) is 4.52. The number of nitrogens with one attached hydrogen (secondary N) is 3. The lowest BCUT2D eigenvalue weighted by Gasteiger charge is -2.33. The summed E-state index contributed by atoms with van der Waals surface area (Å²) in [6.45, 7) is 10.5. The molecule has 14 nitrogen and oxygen atoms in total. The first-order valence-corrected chi connectivity index (χ1v) is 14.6. The zero-order valence-electron chi connectivity index (χ0n) is 26.9. The highest BCUT2D eigenvalue weighted by Gasteiger charge is 2.42. The number of carbonyl (C=O) groups is 6. The van der Waals surface area contributed by atoms with Crippen molar-refractivity contribution in [2.45, 2.75) is 77.7 Å².